The van der Waals surface area contributed by atoms with Crippen molar-refractivity contribution in [1.29, 1.82) is 0 Å². The van der Waals surface area contributed by atoms with E-state index in [0.29, 0.717) is 11.9 Å². The van der Waals surface area contributed by atoms with Gasteiger partial charge in [0, 0.05) is 18.9 Å². The average Bonchev–Trinajstić information content (AvgIpc) is 2.03. The van der Waals surface area contributed by atoms with Crippen LogP contribution in [0.1, 0.15) is 13.8 Å². The zero-order valence-corrected chi connectivity index (χ0v) is 11.3. The van der Waals surface area contributed by atoms with Crippen LogP contribution in [-0.4, -0.2) is 50.1 Å². The molecule has 0 saturated carbocycles. The fourth-order valence-electron chi connectivity index (χ4n) is 0.803. The molecule has 6 heteroatoms. The molecule has 0 aromatic heterocycles. The van der Waals surface area contributed by atoms with Crippen molar-refractivity contribution in [3.8, 4) is 0 Å². The summed E-state index contributed by atoms with van der Waals surface area (Å²) in [6.45, 7) is 4.51. The number of sulfonamides is 1. The van der Waals surface area contributed by atoms with Crippen LogP contribution in [0, 0.1) is 0 Å². The summed E-state index contributed by atoms with van der Waals surface area (Å²) in [5.41, 5.74) is 0. The van der Waals surface area contributed by atoms with Crippen LogP contribution in [0.2, 0.25) is 0 Å². The van der Waals surface area contributed by atoms with Crippen molar-refractivity contribution in [1.82, 2.24) is 4.31 Å². The summed E-state index contributed by atoms with van der Waals surface area (Å²) >= 11 is 3.20. The van der Waals surface area contributed by atoms with Gasteiger partial charge in [-0.05, 0) is 13.8 Å². The van der Waals surface area contributed by atoms with E-state index in [-0.39, 0.29) is 18.5 Å². The highest BCUT2D eigenvalue weighted by atomic mass is 79.9. The first-order valence-electron chi connectivity index (χ1n) is 4.51. The molecule has 0 fully saturated rings. The molecule has 0 aromatic rings. The van der Waals surface area contributed by atoms with Crippen molar-refractivity contribution >= 4 is 26.0 Å². The third-order valence-electron chi connectivity index (χ3n) is 1.67. The van der Waals surface area contributed by atoms with Crippen LogP contribution < -0.4 is 0 Å². The van der Waals surface area contributed by atoms with Crippen molar-refractivity contribution < 1.29 is 13.2 Å². The van der Waals surface area contributed by atoms with Crippen molar-refractivity contribution in [2.45, 2.75) is 20.0 Å². The Morgan fingerprint density at radius 3 is 2.43 bits per heavy atom. The van der Waals surface area contributed by atoms with Gasteiger partial charge in [-0.3, -0.25) is 0 Å². The normalized spacial score (nSPS) is 12.7. The Morgan fingerprint density at radius 1 is 1.43 bits per heavy atom. The number of halogens is 1. The van der Waals surface area contributed by atoms with Crippen molar-refractivity contribution in [2.75, 3.05) is 31.3 Å². The average molecular weight is 288 g/mol. The molecule has 0 aliphatic rings. The second-order valence-corrected chi connectivity index (χ2v) is 6.23. The van der Waals surface area contributed by atoms with Gasteiger partial charge in [0.15, 0.2) is 0 Å². The molecule has 0 N–H and O–H groups in total. The Labute approximate surface area is 94.8 Å². The van der Waals surface area contributed by atoms with Gasteiger partial charge in [-0.2, -0.15) is 0 Å². The highest BCUT2D eigenvalue weighted by Crippen LogP contribution is 2.00. The molecule has 0 spiro atoms. The van der Waals surface area contributed by atoms with Crippen LogP contribution in [0.15, 0.2) is 0 Å². The molecule has 4 nitrogen and oxygen atoms in total. The summed E-state index contributed by atoms with van der Waals surface area (Å²) in [5, 5.41) is 0.647. The molecule has 0 saturated heterocycles. The van der Waals surface area contributed by atoms with E-state index in [1.807, 2.05) is 13.8 Å². The van der Waals surface area contributed by atoms with E-state index in [9.17, 15) is 8.42 Å². The standard InChI is InChI=1S/C8H18BrNO3S/c1-8(2)13-6-7-14(11,12)10(3)5-4-9/h8H,4-7H2,1-3H3. The first-order chi connectivity index (χ1) is 6.40. The van der Waals surface area contributed by atoms with Gasteiger partial charge in [0.1, 0.15) is 0 Å². The molecule has 0 unspecified atom stereocenters. The van der Waals surface area contributed by atoms with E-state index in [1.165, 1.54) is 4.31 Å². The summed E-state index contributed by atoms with van der Waals surface area (Å²) in [7, 11) is -1.56. The Balaban J connectivity index is 3.95. The van der Waals surface area contributed by atoms with Crippen LogP contribution >= 0.6 is 15.9 Å². The number of alkyl halides is 1. The lowest BCUT2D eigenvalue weighted by Crippen LogP contribution is -2.32. The Hall–Kier alpha value is 0.350. The number of hydrogen-bond acceptors (Lipinski definition) is 3. The third kappa shape index (κ3) is 5.95. The lowest BCUT2D eigenvalue weighted by atomic mass is 10.5. The quantitative estimate of drug-likeness (QED) is 0.658. The number of nitrogens with zero attached hydrogens (tertiary/aromatic N) is 1. The van der Waals surface area contributed by atoms with Gasteiger partial charge in [-0.25, -0.2) is 12.7 Å². The lowest BCUT2D eigenvalue weighted by molar-refractivity contribution is 0.0908. The smallest absolute Gasteiger partial charge is 0.216 e. The van der Waals surface area contributed by atoms with Crippen molar-refractivity contribution in [2.24, 2.45) is 0 Å². The molecular weight excluding hydrogens is 270 g/mol. The maximum absolute atomic E-state index is 11.5. The van der Waals surface area contributed by atoms with Crippen LogP contribution in [0.5, 0.6) is 0 Å². The summed E-state index contributed by atoms with van der Waals surface area (Å²) in [5.74, 6) is 0.0503. The maximum Gasteiger partial charge on any atom is 0.216 e. The van der Waals surface area contributed by atoms with Gasteiger partial charge in [-0.1, -0.05) is 15.9 Å². The number of rotatable bonds is 7. The van der Waals surface area contributed by atoms with Gasteiger partial charge < -0.3 is 4.74 Å². The summed E-state index contributed by atoms with van der Waals surface area (Å²) in [4.78, 5) is 0. The van der Waals surface area contributed by atoms with Crippen LogP contribution in [0.3, 0.4) is 0 Å². The highest BCUT2D eigenvalue weighted by Gasteiger charge is 2.16. The molecule has 0 bridgehead atoms. The lowest BCUT2D eigenvalue weighted by Gasteiger charge is -2.16. The minimum absolute atomic E-state index is 0.0503. The molecule has 0 amide bonds. The second kappa shape index (κ2) is 6.76. The van der Waals surface area contributed by atoms with Gasteiger partial charge in [-0.15, -0.1) is 0 Å². The molecule has 0 aromatic carbocycles. The van der Waals surface area contributed by atoms with Crippen molar-refractivity contribution in [3.63, 3.8) is 0 Å². The zero-order chi connectivity index (χ0) is 11.2. The van der Waals surface area contributed by atoms with Gasteiger partial charge >= 0.3 is 0 Å². The minimum Gasteiger partial charge on any atom is -0.378 e. The van der Waals surface area contributed by atoms with E-state index in [0.717, 1.165) is 0 Å². The van der Waals surface area contributed by atoms with Crippen LogP contribution in [0.25, 0.3) is 0 Å². The minimum atomic E-state index is -3.14. The maximum atomic E-state index is 11.5. The van der Waals surface area contributed by atoms with Crippen molar-refractivity contribution in [3.05, 3.63) is 0 Å². The summed E-state index contributed by atoms with van der Waals surface area (Å²) in [6, 6.07) is 0. The monoisotopic (exact) mass is 287 g/mol. The van der Waals surface area contributed by atoms with E-state index in [2.05, 4.69) is 15.9 Å². The van der Waals surface area contributed by atoms with Gasteiger partial charge in [0.2, 0.25) is 10.0 Å². The molecule has 0 heterocycles. The molecule has 0 radical (unpaired) electrons. The molecule has 0 rings (SSSR count). The topological polar surface area (TPSA) is 46.6 Å². The predicted molar refractivity (Wildman–Crippen MR) is 61.3 cm³/mol. The highest BCUT2D eigenvalue weighted by molar-refractivity contribution is 9.09. The predicted octanol–water partition coefficient (Wildman–Crippen LogP) is 1.07. The number of hydrogen-bond donors (Lipinski definition) is 0. The van der Waals surface area contributed by atoms with Crippen LogP contribution in [0.4, 0.5) is 0 Å². The largest absolute Gasteiger partial charge is 0.378 e. The molecule has 0 atom stereocenters. The Bertz CT molecular complexity index is 241. The number of ether oxygens (including phenoxy) is 1. The van der Waals surface area contributed by atoms with Gasteiger partial charge in [0.25, 0.3) is 0 Å². The fourth-order valence-corrected chi connectivity index (χ4v) is 2.56. The van der Waals surface area contributed by atoms with E-state index < -0.39 is 10.0 Å². The first-order valence-corrected chi connectivity index (χ1v) is 7.24. The third-order valence-corrected chi connectivity index (χ3v) is 3.84. The zero-order valence-electron chi connectivity index (χ0n) is 8.86. The summed E-state index contributed by atoms with van der Waals surface area (Å²) in [6.07, 6.45) is 0.0756. The van der Waals surface area contributed by atoms with Crippen LogP contribution in [-0.2, 0) is 14.8 Å². The molecule has 0 aliphatic carbocycles. The molecule has 86 valence electrons. The van der Waals surface area contributed by atoms with E-state index in [1.54, 1.807) is 7.05 Å². The van der Waals surface area contributed by atoms with Gasteiger partial charge in [0.05, 0.1) is 18.5 Å². The Kier molecular flexibility index (Phi) is 6.93. The van der Waals surface area contributed by atoms with E-state index >= 15 is 0 Å². The first kappa shape index (κ1) is 14.3. The molecular formula is C8H18BrNO3S. The second-order valence-electron chi connectivity index (χ2n) is 3.25. The molecule has 14 heavy (non-hydrogen) atoms. The Morgan fingerprint density at radius 2 is 2.00 bits per heavy atom. The van der Waals surface area contributed by atoms with E-state index in [4.69, 9.17) is 4.74 Å². The SMILES string of the molecule is CC(C)OCCS(=O)(=O)N(C)CCBr. The fraction of sp³-hybridized carbons (Fsp3) is 1.00. The summed E-state index contributed by atoms with van der Waals surface area (Å²) < 4.78 is 29.6. The molecule has 0 aliphatic heterocycles.